The van der Waals surface area contributed by atoms with Crippen molar-refractivity contribution in [2.45, 2.75) is 52.2 Å². The lowest BCUT2D eigenvalue weighted by atomic mass is 9.72. The highest BCUT2D eigenvalue weighted by atomic mass is 19.1. The molecule has 2 aromatic carbocycles. The molecule has 1 fully saturated rings. The van der Waals surface area contributed by atoms with E-state index in [0.29, 0.717) is 24.2 Å². The van der Waals surface area contributed by atoms with E-state index in [1.807, 2.05) is 43.1 Å². The SMILES string of the molecule is Cc1cnn(Cc2ccc3c(c2)C2O[C@H]3C3C=CC(C(=O)NCc4c(F)cc5c(c4C)CNC5)=CC23)c1. The predicted molar refractivity (Wildman–Crippen MR) is 137 cm³/mol. The number of carbonyl (C=O) groups is 1. The number of amides is 1. The molecule has 1 amide bonds. The van der Waals surface area contributed by atoms with Crippen molar-refractivity contribution >= 4 is 5.91 Å². The number of hydrogen-bond acceptors (Lipinski definition) is 4. The second-order valence-electron chi connectivity index (χ2n) is 10.7. The van der Waals surface area contributed by atoms with Crippen LogP contribution in [0.15, 0.2) is 60.5 Å². The van der Waals surface area contributed by atoms with Crippen LogP contribution < -0.4 is 10.6 Å². The molecular weight excluding hydrogens is 467 g/mol. The van der Waals surface area contributed by atoms with Crippen molar-refractivity contribution in [3.63, 3.8) is 0 Å². The minimum atomic E-state index is -0.257. The van der Waals surface area contributed by atoms with E-state index >= 15 is 0 Å². The molecule has 4 aliphatic rings. The maximum Gasteiger partial charge on any atom is 0.251 e. The number of carbonyl (C=O) groups excluding carboxylic acids is 1. The van der Waals surface area contributed by atoms with Gasteiger partial charge in [-0.05, 0) is 58.9 Å². The highest BCUT2D eigenvalue weighted by Crippen LogP contribution is 2.59. The van der Waals surface area contributed by atoms with Gasteiger partial charge in [0.15, 0.2) is 0 Å². The zero-order valence-electron chi connectivity index (χ0n) is 20.9. The number of hydrogen-bond donors (Lipinski definition) is 2. The van der Waals surface area contributed by atoms with Gasteiger partial charge < -0.3 is 15.4 Å². The molecular formula is C30H29FN4O2. The molecule has 37 heavy (non-hydrogen) atoms. The molecule has 3 aromatic rings. The first-order valence-electron chi connectivity index (χ1n) is 12.9. The molecule has 2 N–H and O–H groups in total. The fourth-order valence-electron chi connectivity index (χ4n) is 6.47. The second-order valence-corrected chi connectivity index (χ2v) is 10.7. The Morgan fingerprint density at radius 3 is 2.89 bits per heavy atom. The molecule has 4 atom stereocenters. The summed E-state index contributed by atoms with van der Waals surface area (Å²) < 4.78 is 23.1. The second kappa shape index (κ2) is 8.50. The van der Waals surface area contributed by atoms with E-state index in [9.17, 15) is 9.18 Å². The van der Waals surface area contributed by atoms with Crippen molar-refractivity contribution in [3.05, 3.63) is 111 Å². The number of nitrogens with one attached hydrogen (secondary N) is 2. The number of rotatable bonds is 5. The number of benzene rings is 2. The van der Waals surface area contributed by atoms with Gasteiger partial charge in [0, 0.05) is 48.8 Å². The van der Waals surface area contributed by atoms with Crippen LogP contribution in [-0.2, 0) is 35.7 Å². The van der Waals surface area contributed by atoms with Crippen molar-refractivity contribution in [2.75, 3.05) is 0 Å². The number of fused-ring (bicyclic) bond motifs is 9. The fraction of sp³-hybridized carbons (Fsp3) is 0.333. The lowest BCUT2D eigenvalue weighted by Gasteiger charge is -2.28. The Morgan fingerprint density at radius 1 is 1.19 bits per heavy atom. The predicted octanol–water partition coefficient (Wildman–Crippen LogP) is 4.46. The van der Waals surface area contributed by atoms with Crippen LogP contribution in [0.1, 0.15) is 56.7 Å². The van der Waals surface area contributed by atoms with Gasteiger partial charge in [-0.25, -0.2) is 4.39 Å². The van der Waals surface area contributed by atoms with Gasteiger partial charge in [-0.3, -0.25) is 9.48 Å². The number of nitrogens with zero attached hydrogens (tertiary/aromatic N) is 2. The van der Waals surface area contributed by atoms with Crippen molar-refractivity contribution < 1.29 is 13.9 Å². The van der Waals surface area contributed by atoms with Crippen molar-refractivity contribution in [1.82, 2.24) is 20.4 Å². The molecule has 0 spiro atoms. The molecule has 3 aliphatic heterocycles. The lowest BCUT2D eigenvalue weighted by Crippen LogP contribution is -2.28. The third-order valence-electron chi connectivity index (χ3n) is 8.37. The van der Waals surface area contributed by atoms with Crippen LogP contribution in [0.5, 0.6) is 0 Å². The topological polar surface area (TPSA) is 68.2 Å². The third-order valence-corrected chi connectivity index (χ3v) is 8.37. The van der Waals surface area contributed by atoms with Crippen LogP contribution in [0, 0.1) is 31.5 Å². The molecule has 7 rings (SSSR count). The van der Waals surface area contributed by atoms with Crippen molar-refractivity contribution in [3.8, 4) is 0 Å². The Hall–Kier alpha value is -3.55. The average Bonchev–Trinajstić information content (AvgIpc) is 3.67. The highest BCUT2D eigenvalue weighted by Gasteiger charge is 2.51. The Bertz CT molecular complexity index is 1500. The van der Waals surface area contributed by atoms with Gasteiger partial charge in [0.25, 0.3) is 5.91 Å². The minimum Gasteiger partial charge on any atom is -0.364 e. The largest absolute Gasteiger partial charge is 0.364 e. The van der Waals surface area contributed by atoms with E-state index < -0.39 is 0 Å². The monoisotopic (exact) mass is 496 g/mol. The zero-order chi connectivity index (χ0) is 25.3. The molecule has 2 bridgehead atoms. The molecule has 0 saturated carbocycles. The first-order chi connectivity index (χ1) is 18.0. The number of halogens is 1. The zero-order valence-corrected chi connectivity index (χ0v) is 20.9. The van der Waals surface area contributed by atoms with E-state index in [1.54, 1.807) is 6.07 Å². The Balaban J connectivity index is 1.09. The smallest absolute Gasteiger partial charge is 0.251 e. The summed E-state index contributed by atoms with van der Waals surface area (Å²) in [5.74, 6) is -0.113. The standard InChI is InChI=1S/C30H29FN4O2/c1-16-10-34-35(14-16)15-18-3-5-21-23(7-18)29-24-8-19(4-6-22(24)28(21)37-29)30(36)33-13-26-17(2)25-12-32-11-20(25)9-27(26)31/h3-10,14,22,24,28-29,32H,11-13,15H2,1-2H3,(H,33,36)/t22?,24?,28-,29?/m1/s1. The summed E-state index contributed by atoms with van der Waals surface area (Å²) in [6, 6.07) is 8.17. The van der Waals surface area contributed by atoms with Crippen LogP contribution >= 0.6 is 0 Å². The van der Waals surface area contributed by atoms with Gasteiger partial charge in [-0.1, -0.05) is 36.4 Å². The maximum atomic E-state index is 14.8. The van der Waals surface area contributed by atoms with E-state index in [2.05, 4.69) is 40.0 Å². The lowest BCUT2D eigenvalue weighted by molar-refractivity contribution is -0.117. The van der Waals surface area contributed by atoms with Gasteiger partial charge in [-0.15, -0.1) is 0 Å². The first-order valence-corrected chi connectivity index (χ1v) is 12.9. The Kier molecular flexibility index (Phi) is 5.20. The quantitative estimate of drug-likeness (QED) is 0.547. The number of ether oxygens (including phenoxy) is 1. The van der Waals surface area contributed by atoms with Gasteiger partial charge in [0.05, 0.1) is 24.9 Å². The molecule has 0 radical (unpaired) electrons. The van der Waals surface area contributed by atoms with Gasteiger partial charge >= 0.3 is 0 Å². The first kappa shape index (κ1) is 22.6. The summed E-state index contributed by atoms with van der Waals surface area (Å²) in [7, 11) is 0. The number of aromatic nitrogens is 2. The van der Waals surface area contributed by atoms with E-state index in [-0.39, 0.29) is 42.3 Å². The maximum absolute atomic E-state index is 14.8. The van der Waals surface area contributed by atoms with Crippen LogP contribution in [0.25, 0.3) is 0 Å². The molecule has 7 heteroatoms. The van der Waals surface area contributed by atoms with Crippen molar-refractivity contribution in [2.24, 2.45) is 11.8 Å². The molecule has 4 heterocycles. The summed E-state index contributed by atoms with van der Waals surface area (Å²) in [4.78, 5) is 13.1. The summed E-state index contributed by atoms with van der Waals surface area (Å²) >= 11 is 0. The van der Waals surface area contributed by atoms with Crippen molar-refractivity contribution in [1.29, 1.82) is 0 Å². The van der Waals surface area contributed by atoms with Crippen LogP contribution in [0.4, 0.5) is 4.39 Å². The van der Waals surface area contributed by atoms with Crippen LogP contribution in [0.2, 0.25) is 0 Å². The summed E-state index contributed by atoms with van der Waals surface area (Å²) in [6.07, 6.45) is 9.91. The van der Waals surface area contributed by atoms with Crippen LogP contribution in [0.3, 0.4) is 0 Å². The molecule has 1 saturated heterocycles. The average molecular weight is 497 g/mol. The molecule has 188 valence electrons. The van der Waals surface area contributed by atoms with Crippen LogP contribution in [-0.4, -0.2) is 15.7 Å². The van der Waals surface area contributed by atoms with Gasteiger partial charge in [0.2, 0.25) is 0 Å². The number of aryl methyl sites for hydroxylation is 1. The fourth-order valence-corrected chi connectivity index (χ4v) is 6.47. The summed E-state index contributed by atoms with van der Waals surface area (Å²) in [5, 5.41) is 10.6. The highest BCUT2D eigenvalue weighted by molar-refractivity contribution is 5.96. The summed E-state index contributed by atoms with van der Waals surface area (Å²) in [6.45, 7) is 6.29. The molecule has 1 aliphatic carbocycles. The van der Waals surface area contributed by atoms with E-state index in [4.69, 9.17) is 4.74 Å². The normalized spacial score (nSPS) is 24.6. The molecule has 1 aromatic heterocycles. The Labute approximate surface area is 215 Å². The molecule has 6 nitrogen and oxygen atoms in total. The van der Waals surface area contributed by atoms with Gasteiger partial charge in [-0.2, -0.15) is 5.10 Å². The summed E-state index contributed by atoms with van der Waals surface area (Å²) in [5.41, 5.74) is 9.03. The minimum absolute atomic E-state index is 0.0138. The third kappa shape index (κ3) is 3.68. The van der Waals surface area contributed by atoms with E-state index in [1.165, 1.54) is 16.7 Å². The Morgan fingerprint density at radius 2 is 2.05 bits per heavy atom. The van der Waals surface area contributed by atoms with Gasteiger partial charge in [0.1, 0.15) is 5.82 Å². The molecule has 3 unspecified atom stereocenters. The van der Waals surface area contributed by atoms with E-state index in [0.717, 1.165) is 28.8 Å².